The van der Waals surface area contributed by atoms with Crippen molar-refractivity contribution in [3.05, 3.63) is 33.9 Å². The number of hydrogen-bond acceptors (Lipinski definition) is 4. The largest absolute Gasteiger partial charge is 0.484 e. The zero-order chi connectivity index (χ0) is 12.3. The third-order valence-electron chi connectivity index (χ3n) is 2.76. The maximum Gasteiger partial charge on any atom is 0.310 e. The van der Waals surface area contributed by atoms with Crippen LogP contribution in [-0.2, 0) is 4.74 Å². The molecule has 0 spiro atoms. The van der Waals surface area contributed by atoms with Gasteiger partial charge in [-0.1, -0.05) is 6.07 Å². The smallest absolute Gasteiger partial charge is 0.310 e. The van der Waals surface area contributed by atoms with E-state index in [1.165, 1.54) is 6.07 Å². The Morgan fingerprint density at radius 3 is 3.06 bits per heavy atom. The van der Waals surface area contributed by atoms with Gasteiger partial charge in [-0.25, -0.2) is 0 Å². The molecule has 0 saturated carbocycles. The van der Waals surface area contributed by atoms with Gasteiger partial charge in [0.15, 0.2) is 5.75 Å². The summed E-state index contributed by atoms with van der Waals surface area (Å²) in [4.78, 5) is 10.4. The molecule has 0 aliphatic carbocycles. The molecular weight excluding hydrogens is 222 g/mol. The minimum absolute atomic E-state index is 0.00796. The quantitative estimate of drug-likeness (QED) is 0.596. The predicted octanol–water partition coefficient (Wildman–Crippen LogP) is 2.46. The third-order valence-corrected chi connectivity index (χ3v) is 2.76. The van der Waals surface area contributed by atoms with Crippen LogP contribution in [0.15, 0.2) is 18.2 Å². The van der Waals surface area contributed by atoms with Gasteiger partial charge in [-0.15, -0.1) is 0 Å². The highest BCUT2D eigenvalue weighted by Crippen LogP contribution is 2.28. The number of aryl methyl sites for hydroxylation is 1. The Balaban J connectivity index is 2.07. The van der Waals surface area contributed by atoms with Gasteiger partial charge >= 0.3 is 5.69 Å². The van der Waals surface area contributed by atoms with Crippen molar-refractivity contribution in [2.24, 2.45) is 0 Å². The van der Waals surface area contributed by atoms with Gasteiger partial charge in [0.1, 0.15) is 6.61 Å². The first-order chi connectivity index (χ1) is 8.16. The Bertz CT molecular complexity index is 413. The standard InChI is InChI=1S/C12H15NO4/c1-9-4-5-11(13(14)15)12(7-9)17-8-10-3-2-6-16-10/h4-5,7,10H,2-3,6,8H2,1H3. The van der Waals surface area contributed by atoms with Crippen molar-refractivity contribution in [2.75, 3.05) is 13.2 Å². The van der Waals surface area contributed by atoms with Crippen molar-refractivity contribution >= 4 is 5.69 Å². The summed E-state index contributed by atoms with van der Waals surface area (Å²) in [5.74, 6) is 0.325. The van der Waals surface area contributed by atoms with Gasteiger partial charge in [-0.3, -0.25) is 10.1 Å². The molecule has 1 aromatic carbocycles. The lowest BCUT2D eigenvalue weighted by Crippen LogP contribution is -2.16. The number of ether oxygens (including phenoxy) is 2. The van der Waals surface area contributed by atoms with Crippen molar-refractivity contribution in [2.45, 2.75) is 25.9 Å². The van der Waals surface area contributed by atoms with Crippen LogP contribution in [0.3, 0.4) is 0 Å². The lowest BCUT2D eigenvalue weighted by atomic mass is 10.2. The molecule has 1 aliphatic rings. The topological polar surface area (TPSA) is 61.6 Å². The Kier molecular flexibility index (Phi) is 3.58. The number of rotatable bonds is 4. The highest BCUT2D eigenvalue weighted by Gasteiger charge is 2.19. The van der Waals surface area contributed by atoms with Crippen LogP contribution >= 0.6 is 0 Å². The van der Waals surface area contributed by atoms with E-state index >= 15 is 0 Å². The molecule has 1 atom stereocenters. The van der Waals surface area contributed by atoms with E-state index in [0.717, 1.165) is 25.0 Å². The van der Waals surface area contributed by atoms with E-state index in [0.29, 0.717) is 12.4 Å². The summed E-state index contributed by atoms with van der Waals surface area (Å²) in [6, 6.07) is 4.87. The molecule has 0 amide bonds. The predicted molar refractivity (Wildman–Crippen MR) is 62.3 cm³/mol. The van der Waals surface area contributed by atoms with E-state index in [1.807, 2.05) is 6.92 Å². The fraction of sp³-hybridized carbons (Fsp3) is 0.500. The molecule has 1 heterocycles. The van der Waals surface area contributed by atoms with E-state index in [9.17, 15) is 10.1 Å². The average molecular weight is 237 g/mol. The first kappa shape index (κ1) is 11.9. The monoisotopic (exact) mass is 237 g/mol. The van der Waals surface area contributed by atoms with Crippen LogP contribution in [0.1, 0.15) is 18.4 Å². The van der Waals surface area contributed by atoms with E-state index in [2.05, 4.69) is 0 Å². The molecule has 2 rings (SSSR count). The molecule has 0 bridgehead atoms. The van der Waals surface area contributed by atoms with E-state index in [-0.39, 0.29) is 11.8 Å². The molecule has 0 aromatic heterocycles. The molecule has 1 aliphatic heterocycles. The van der Waals surface area contributed by atoms with Gasteiger partial charge in [0, 0.05) is 12.7 Å². The van der Waals surface area contributed by atoms with Crippen LogP contribution in [0.4, 0.5) is 5.69 Å². The Morgan fingerprint density at radius 2 is 2.41 bits per heavy atom. The summed E-state index contributed by atoms with van der Waals surface area (Å²) in [6.45, 7) is 3.01. The average Bonchev–Trinajstić information content (AvgIpc) is 2.78. The molecule has 17 heavy (non-hydrogen) atoms. The van der Waals surface area contributed by atoms with Crippen molar-refractivity contribution < 1.29 is 14.4 Å². The van der Waals surface area contributed by atoms with Gasteiger partial charge in [0.05, 0.1) is 11.0 Å². The summed E-state index contributed by atoms with van der Waals surface area (Å²) in [7, 11) is 0. The molecule has 0 N–H and O–H groups in total. The van der Waals surface area contributed by atoms with E-state index < -0.39 is 4.92 Å². The number of nitrogens with zero attached hydrogens (tertiary/aromatic N) is 1. The highest BCUT2D eigenvalue weighted by molar-refractivity contribution is 5.48. The Morgan fingerprint density at radius 1 is 1.59 bits per heavy atom. The number of nitro groups is 1. The summed E-state index contributed by atoms with van der Waals surface area (Å²) < 4.78 is 10.9. The van der Waals surface area contributed by atoms with Crippen molar-refractivity contribution in [3.8, 4) is 5.75 Å². The van der Waals surface area contributed by atoms with Crippen LogP contribution in [0.2, 0.25) is 0 Å². The Labute approximate surface area is 99.5 Å². The number of nitro benzene ring substituents is 1. The van der Waals surface area contributed by atoms with Gasteiger partial charge in [-0.2, -0.15) is 0 Å². The van der Waals surface area contributed by atoms with Crippen molar-refractivity contribution in [3.63, 3.8) is 0 Å². The third kappa shape index (κ3) is 2.94. The summed E-state index contributed by atoms with van der Waals surface area (Å²) >= 11 is 0. The lowest BCUT2D eigenvalue weighted by molar-refractivity contribution is -0.385. The van der Waals surface area contributed by atoms with Gasteiger partial charge in [0.25, 0.3) is 0 Å². The molecule has 1 aromatic rings. The van der Waals surface area contributed by atoms with Crippen LogP contribution in [0.25, 0.3) is 0 Å². The second-order valence-corrected chi connectivity index (χ2v) is 4.17. The van der Waals surface area contributed by atoms with Crippen molar-refractivity contribution in [1.82, 2.24) is 0 Å². The highest BCUT2D eigenvalue weighted by atomic mass is 16.6. The molecule has 1 fully saturated rings. The maximum atomic E-state index is 10.8. The second kappa shape index (κ2) is 5.14. The molecule has 1 unspecified atom stereocenters. The van der Waals surface area contributed by atoms with Crippen LogP contribution < -0.4 is 4.74 Å². The summed E-state index contributed by atoms with van der Waals surface area (Å²) in [5, 5.41) is 10.8. The van der Waals surface area contributed by atoms with Gasteiger partial charge in [-0.05, 0) is 31.4 Å². The summed E-state index contributed by atoms with van der Waals surface area (Å²) in [6.07, 6.45) is 2.05. The van der Waals surface area contributed by atoms with Crippen LogP contribution in [-0.4, -0.2) is 24.2 Å². The minimum Gasteiger partial charge on any atom is -0.484 e. The van der Waals surface area contributed by atoms with Gasteiger partial charge < -0.3 is 9.47 Å². The zero-order valence-corrected chi connectivity index (χ0v) is 9.72. The zero-order valence-electron chi connectivity index (χ0n) is 9.72. The fourth-order valence-electron chi connectivity index (χ4n) is 1.85. The van der Waals surface area contributed by atoms with E-state index in [4.69, 9.17) is 9.47 Å². The van der Waals surface area contributed by atoms with Crippen LogP contribution in [0, 0.1) is 17.0 Å². The number of benzene rings is 1. The molecule has 5 heteroatoms. The fourth-order valence-corrected chi connectivity index (χ4v) is 1.85. The lowest BCUT2D eigenvalue weighted by Gasteiger charge is -2.11. The second-order valence-electron chi connectivity index (χ2n) is 4.17. The summed E-state index contributed by atoms with van der Waals surface area (Å²) in [5.41, 5.74) is 0.950. The maximum absolute atomic E-state index is 10.8. The molecular formula is C12H15NO4. The normalized spacial score (nSPS) is 19.2. The molecule has 5 nitrogen and oxygen atoms in total. The molecule has 0 radical (unpaired) electrons. The van der Waals surface area contributed by atoms with E-state index in [1.54, 1.807) is 12.1 Å². The first-order valence-electron chi connectivity index (χ1n) is 5.66. The number of hydrogen-bond donors (Lipinski definition) is 0. The minimum atomic E-state index is -0.426. The first-order valence-corrected chi connectivity index (χ1v) is 5.66. The molecule has 1 saturated heterocycles. The van der Waals surface area contributed by atoms with Gasteiger partial charge in [0.2, 0.25) is 0 Å². The SMILES string of the molecule is Cc1ccc([N+](=O)[O-])c(OCC2CCCO2)c1. The molecule has 92 valence electrons. The van der Waals surface area contributed by atoms with Crippen molar-refractivity contribution in [1.29, 1.82) is 0 Å². The van der Waals surface area contributed by atoms with Crippen LogP contribution in [0.5, 0.6) is 5.75 Å². The Hall–Kier alpha value is -1.62.